The molecule has 1 fully saturated rings. The maximum atomic E-state index is 13.2. The van der Waals surface area contributed by atoms with Gasteiger partial charge in [0.25, 0.3) is 11.6 Å². The Labute approximate surface area is 182 Å². The number of hydrogen-bond donors (Lipinski definition) is 2. The van der Waals surface area contributed by atoms with Gasteiger partial charge in [-0.25, -0.2) is 4.98 Å². The molecule has 0 atom stereocenters. The quantitative estimate of drug-likeness (QED) is 0.453. The van der Waals surface area contributed by atoms with Crippen LogP contribution in [0.5, 0.6) is 0 Å². The van der Waals surface area contributed by atoms with Crippen molar-refractivity contribution in [3.63, 3.8) is 0 Å². The number of rotatable bonds is 5. The molecule has 1 aliphatic carbocycles. The second-order valence-electron chi connectivity index (χ2n) is 7.71. The molecule has 2 amide bonds. The first-order chi connectivity index (χ1) is 15.0. The summed E-state index contributed by atoms with van der Waals surface area (Å²) in [5, 5.41) is 10.4. The molecule has 8 heteroatoms. The predicted molar refractivity (Wildman–Crippen MR) is 120 cm³/mol. The zero-order chi connectivity index (χ0) is 21.5. The van der Waals surface area contributed by atoms with Crippen LogP contribution in [-0.4, -0.2) is 22.0 Å². The fourth-order valence-electron chi connectivity index (χ4n) is 3.40. The molecule has 0 spiro atoms. The molecule has 31 heavy (non-hydrogen) atoms. The molecule has 1 aliphatic rings. The van der Waals surface area contributed by atoms with Gasteiger partial charge >= 0.3 is 0 Å². The van der Waals surface area contributed by atoms with E-state index in [1.165, 1.54) is 0 Å². The third-order valence-electron chi connectivity index (χ3n) is 5.21. The lowest BCUT2D eigenvalue weighted by molar-refractivity contribution is -0.117. The van der Waals surface area contributed by atoms with Gasteiger partial charge in [-0.1, -0.05) is 5.16 Å². The lowest BCUT2D eigenvalue weighted by Crippen LogP contribution is -2.14. The van der Waals surface area contributed by atoms with E-state index in [0.29, 0.717) is 39.4 Å². The maximum absolute atomic E-state index is 13.2. The van der Waals surface area contributed by atoms with E-state index in [1.807, 2.05) is 19.1 Å². The van der Waals surface area contributed by atoms with E-state index in [9.17, 15) is 9.59 Å². The second-order valence-corrected chi connectivity index (χ2v) is 9.00. The molecular weight excluding hydrogens is 412 g/mol. The van der Waals surface area contributed by atoms with E-state index in [0.717, 1.165) is 22.6 Å². The number of nitrogens with zero attached hydrogens (tertiary/aromatic N) is 2. The van der Waals surface area contributed by atoms with Crippen LogP contribution < -0.4 is 10.6 Å². The highest BCUT2D eigenvalue weighted by molar-refractivity contribution is 7.15. The van der Waals surface area contributed by atoms with Crippen LogP contribution in [0.3, 0.4) is 0 Å². The minimum absolute atomic E-state index is 0.0511. The van der Waals surface area contributed by atoms with Gasteiger partial charge in [0.2, 0.25) is 5.91 Å². The summed E-state index contributed by atoms with van der Waals surface area (Å²) in [4.78, 5) is 31.7. The Kier molecular flexibility index (Phi) is 4.78. The zero-order valence-corrected chi connectivity index (χ0v) is 17.9. The first-order valence-corrected chi connectivity index (χ1v) is 10.9. The van der Waals surface area contributed by atoms with E-state index in [1.54, 1.807) is 48.6 Å². The van der Waals surface area contributed by atoms with Crippen LogP contribution in [0.15, 0.2) is 47.0 Å². The minimum Gasteiger partial charge on any atom is -0.335 e. The molecule has 1 aromatic carbocycles. The van der Waals surface area contributed by atoms with Crippen molar-refractivity contribution in [1.82, 2.24) is 10.1 Å². The average molecular weight is 433 g/mol. The van der Waals surface area contributed by atoms with E-state index in [4.69, 9.17) is 4.52 Å². The largest absolute Gasteiger partial charge is 0.335 e. The van der Waals surface area contributed by atoms with Crippen molar-refractivity contribution in [2.45, 2.75) is 26.7 Å². The second kappa shape index (κ2) is 7.63. The Bertz CT molecular complexity index is 1300. The molecule has 0 aliphatic heterocycles. The number of nitrogens with one attached hydrogen (secondary N) is 2. The van der Waals surface area contributed by atoms with Gasteiger partial charge in [-0.3, -0.25) is 9.59 Å². The molecule has 3 aromatic heterocycles. The summed E-state index contributed by atoms with van der Waals surface area (Å²) < 4.78 is 5.36. The van der Waals surface area contributed by atoms with Gasteiger partial charge in [0.15, 0.2) is 0 Å². The van der Waals surface area contributed by atoms with E-state index >= 15 is 0 Å². The molecular formula is C23H20N4O3S. The number of fused-ring (bicyclic) bond motifs is 1. The van der Waals surface area contributed by atoms with Crippen LogP contribution in [-0.2, 0) is 4.79 Å². The number of aryl methyl sites for hydroxylation is 2. The van der Waals surface area contributed by atoms with Crippen molar-refractivity contribution in [3.05, 3.63) is 58.6 Å². The highest BCUT2D eigenvalue weighted by Crippen LogP contribution is 2.32. The number of hydrogen-bond acceptors (Lipinski definition) is 6. The van der Waals surface area contributed by atoms with Crippen LogP contribution in [0.25, 0.3) is 21.7 Å². The molecule has 2 N–H and O–H groups in total. The molecule has 156 valence electrons. The SMILES string of the molecule is Cc1ccc(-c2cc(C(=O)Nc3ccc(NC(=O)C4CC4)cc3)c3c(C)noc3n2)s1. The standard InChI is InChI=1S/C23H20N4O3S/c1-12-3-10-19(31-12)18-11-17(20-13(2)27-30-23(20)26-18)22(29)25-16-8-6-15(7-9-16)24-21(28)14-4-5-14/h3,6-11,14H,4-5H2,1-2H3,(H,24,28)(H,25,29). The summed E-state index contributed by atoms with van der Waals surface area (Å²) in [6.07, 6.45) is 1.91. The van der Waals surface area contributed by atoms with Gasteiger partial charge < -0.3 is 15.2 Å². The monoisotopic (exact) mass is 432 g/mol. The van der Waals surface area contributed by atoms with Crippen molar-refractivity contribution in [3.8, 4) is 10.6 Å². The molecule has 1 saturated carbocycles. The molecule has 4 aromatic rings. The van der Waals surface area contributed by atoms with Crippen LogP contribution in [0.2, 0.25) is 0 Å². The van der Waals surface area contributed by atoms with Gasteiger partial charge in [0.1, 0.15) is 0 Å². The third kappa shape index (κ3) is 3.94. The summed E-state index contributed by atoms with van der Waals surface area (Å²) >= 11 is 1.60. The summed E-state index contributed by atoms with van der Waals surface area (Å²) in [6.45, 7) is 3.81. The number of anilines is 2. The summed E-state index contributed by atoms with van der Waals surface area (Å²) in [7, 11) is 0. The third-order valence-corrected chi connectivity index (χ3v) is 6.24. The van der Waals surface area contributed by atoms with Gasteiger partial charge in [0, 0.05) is 22.2 Å². The lowest BCUT2D eigenvalue weighted by atomic mass is 10.1. The van der Waals surface area contributed by atoms with Gasteiger partial charge in [0.05, 0.1) is 27.2 Å². The molecule has 0 unspecified atom stereocenters. The van der Waals surface area contributed by atoms with Gasteiger partial charge in [-0.15, -0.1) is 11.3 Å². The van der Waals surface area contributed by atoms with E-state index in [-0.39, 0.29) is 17.7 Å². The van der Waals surface area contributed by atoms with Crippen molar-refractivity contribution in [2.24, 2.45) is 5.92 Å². The first-order valence-electron chi connectivity index (χ1n) is 10.0. The number of amides is 2. The number of carbonyl (C=O) groups excluding carboxylic acids is 2. The number of pyridine rings is 1. The van der Waals surface area contributed by atoms with Gasteiger partial charge in [-0.2, -0.15) is 0 Å². The van der Waals surface area contributed by atoms with Crippen molar-refractivity contribution in [1.29, 1.82) is 0 Å². The molecule has 7 nitrogen and oxygen atoms in total. The van der Waals surface area contributed by atoms with Crippen molar-refractivity contribution in [2.75, 3.05) is 10.6 Å². The molecule has 5 rings (SSSR count). The highest BCUT2D eigenvalue weighted by atomic mass is 32.1. The van der Waals surface area contributed by atoms with Crippen LogP contribution >= 0.6 is 11.3 Å². The molecule has 0 bridgehead atoms. The summed E-state index contributed by atoms with van der Waals surface area (Å²) in [5.41, 5.74) is 3.42. The van der Waals surface area contributed by atoms with Crippen molar-refractivity contribution >= 4 is 45.6 Å². The van der Waals surface area contributed by atoms with Crippen LogP contribution in [0, 0.1) is 19.8 Å². The van der Waals surface area contributed by atoms with E-state index in [2.05, 4.69) is 20.8 Å². The summed E-state index contributed by atoms with van der Waals surface area (Å²) in [5.74, 6) is -0.0835. The Balaban J connectivity index is 1.42. The summed E-state index contributed by atoms with van der Waals surface area (Å²) in [6, 6.07) is 12.9. The number of carbonyl (C=O) groups is 2. The fraction of sp³-hybridized carbons (Fsp3) is 0.217. The van der Waals surface area contributed by atoms with Crippen LogP contribution in [0.1, 0.15) is 33.8 Å². The Morgan fingerprint density at radius 3 is 2.39 bits per heavy atom. The fourth-order valence-corrected chi connectivity index (χ4v) is 4.23. The predicted octanol–water partition coefficient (Wildman–Crippen LogP) is 5.17. The average Bonchev–Trinajstić information content (AvgIpc) is 3.43. The molecule has 0 radical (unpaired) electrons. The normalized spacial score (nSPS) is 13.4. The zero-order valence-electron chi connectivity index (χ0n) is 17.1. The Morgan fingerprint density at radius 1 is 1.03 bits per heavy atom. The van der Waals surface area contributed by atoms with Gasteiger partial charge in [-0.05, 0) is 69.2 Å². The highest BCUT2D eigenvalue weighted by Gasteiger charge is 2.29. The van der Waals surface area contributed by atoms with Crippen LogP contribution in [0.4, 0.5) is 11.4 Å². The topological polar surface area (TPSA) is 97.1 Å². The lowest BCUT2D eigenvalue weighted by Gasteiger charge is -2.09. The molecule has 3 heterocycles. The smallest absolute Gasteiger partial charge is 0.259 e. The minimum atomic E-state index is -0.275. The number of thiophene rings is 1. The van der Waals surface area contributed by atoms with E-state index < -0.39 is 0 Å². The first kappa shape index (κ1) is 19.4. The number of benzene rings is 1. The van der Waals surface area contributed by atoms with Crippen molar-refractivity contribution < 1.29 is 14.1 Å². The molecule has 0 saturated heterocycles. The Hall–Kier alpha value is -3.52. The maximum Gasteiger partial charge on any atom is 0.259 e. The number of aromatic nitrogens is 2. The Morgan fingerprint density at radius 2 is 1.74 bits per heavy atom.